The van der Waals surface area contributed by atoms with Crippen molar-refractivity contribution in [2.75, 3.05) is 25.1 Å². The molecule has 0 bridgehead atoms. The highest BCUT2D eigenvalue weighted by Crippen LogP contribution is 2.17. The summed E-state index contributed by atoms with van der Waals surface area (Å²) in [5.74, 6) is -0.400. The van der Waals surface area contributed by atoms with E-state index in [-0.39, 0.29) is 18.2 Å². The van der Waals surface area contributed by atoms with Crippen LogP contribution < -0.4 is 11.1 Å². The molecule has 0 atom stereocenters. The molecule has 6 nitrogen and oxygen atoms in total. The maximum atomic E-state index is 12.1. The number of nitrogens with zero attached hydrogens (tertiary/aromatic N) is 2. The number of carbonyl (C=O) groups is 2. The summed E-state index contributed by atoms with van der Waals surface area (Å²) in [6.07, 6.45) is 0.123. The Morgan fingerprint density at radius 3 is 2.67 bits per heavy atom. The van der Waals surface area contributed by atoms with Crippen LogP contribution in [0.5, 0.6) is 0 Å². The second-order valence-electron chi connectivity index (χ2n) is 4.65. The van der Waals surface area contributed by atoms with Crippen LogP contribution in [0.25, 0.3) is 0 Å². The zero-order valence-electron chi connectivity index (χ0n) is 11.8. The van der Waals surface area contributed by atoms with E-state index in [1.807, 2.05) is 0 Å². The number of nitrogen functional groups attached to an aromatic ring is 1. The third kappa shape index (κ3) is 3.79. The molecule has 7 heteroatoms. The van der Waals surface area contributed by atoms with Crippen LogP contribution >= 0.6 is 11.3 Å². The maximum Gasteiger partial charge on any atom is 0.255 e. The average molecular weight is 304 g/mol. The monoisotopic (exact) mass is 304 g/mol. The Labute approximate surface area is 126 Å². The number of benzene rings is 1. The zero-order valence-corrected chi connectivity index (χ0v) is 12.6. The standard InChI is InChI=1S/C14H16N4O2S/c1-18(2)13(20)10-5-3-4-6-11(10)17-12(19)7-9-8-21-14(15)16-9/h3-6,8H,7H2,1-2H3,(H2,15,16)(H,17,19). The van der Waals surface area contributed by atoms with E-state index in [0.29, 0.717) is 22.1 Å². The summed E-state index contributed by atoms with van der Waals surface area (Å²) in [6, 6.07) is 6.90. The van der Waals surface area contributed by atoms with Gasteiger partial charge in [-0.2, -0.15) is 0 Å². The molecular weight excluding hydrogens is 288 g/mol. The van der Waals surface area contributed by atoms with Gasteiger partial charge in [-0.3, -0.25) is 9.59 Å². The average Bonchev–Trinajstić information content (AvgIpc) is 2.83. The quantitative estimate of drug-likeness (QED) is 0.898. The number of amides is 2. The molecule has 0 aliphatic carbocycles. The molecule has 0 spiro atoms. The van der Waals surface area contributed by atoms with E-state index >= 15 is 0 Å². The molecule has 0 aliphatic rings. The lowest BCUT2D eigenvalue weighted by molar-refractivity contribution is -0.115. The summed E-state index contributed by atoms with van der Waals surface area (Å²) in [5, 5.41) is 4.91. The number of hydrogen-bond donors (Lipinski definition) is 2. The SMILES string of the molecule is CN(C)C(=O)c1ccccc1NC(=O)Cc1csc(N)n1. The summed E-state index contributed by atoms with van der Waals surface area (Å²) in [7, 11) is 3.33. The first kappa shape index (κ1) is 15.0. The first-order chi connectivity index (χ1) is 9.97. The van der Waals surface area contributed by atoms with Gasteiger partial charge in [0, 0.05) is 19.5 Å². The van der Waals surface area contributed by atoms with Crippen molar-refractivity contribution in [3.8, 4) is 0 Å². The van der Waals surface area contributed by atoms with Crippen molar-refractivity contribution < 1.29 is 9.59 Å². The zero-order chi connectivity index (χ0) is 15.4. The molecule has 110 valence electrons. The van der Waals surface area contributed by atoms with E-state index in [2.05, 4.69) is 10.3 Å². The number of para-hydroxylation sites is 1. The summed E-state index contributed by atoms with van der Waals surface area (Å²) in [5.41, 5.74) is 7.09. The Kier molecular flexibility index (Phi) is 4.54. The molecule has 0 aliphatic heterocycles. The smallest absolute Gasteiger partial charge is 0.255 e. The predicted octanol–water partition coefficient (Wildman–Crippen LogP) is 1.61. The van der Waals surface area contributed by atoms with Crippen molar-refractivity contribution in [3.05, 3.63) is 40.9 Å². The van der Waals surface area contributed by atoms with Crippen molar-refractivity contribution in [1.82, 2.24) is 9.88 Å². The molecule has 0 saturated heterocycles. The van der Waals surface area contributed by atoms with Gasteiger partial charge >= 0.3 is 0 Å². The molecule has 1 aromatic carbocycles. The first-order valence-corrected chi connectivity index (χ1v) is 7.15. The largest absolute Gasteiger partial charge is 0.375 e. The van der Waals surface area contributed by atoms with Crippen LogP contribution in [-0.2, 0) is 11.2 Å². The van der Waals surface area contributed by atoms with Gasteiger partial charge in [-0.25, -0.2) is 4.98 Å². The second-order valence-corrected chi connectivity index (χ2v) is 5.54. The van der Waals surface area contributed by atoms with Gasteiger partial charge in [-0.15, -0.1) is 11.3 Å². The van der Waals surface area contributed by atoms with Crippen molar-refractivity contribution >= 4 is 34.0 Å². The first-order valence-electron chi connectivity index (χ1n) is 6.28. The maximum absolute atomic E-state index is 12.1. The van der Waals surface area contributed by atoms with Gasteiger partial charge in [-0.05, 0) is 12.1 Å². The number of aromatic nitrogens is 1. The van der Waals surface area contributed by atoms with Crippen LogP contribution in [-0.4, -0.2) is 35.8 Å². The van der Waals surface area contributed by atoms with Crippen LogP contribution in [0, 0.1) is 0 Å². The fourth-order valence-electron chi connectivity index (χ4n) is 1.78. The number of thiazole rings is 1. The fraction of sp³-hybridized carbons (Fsp3) is 0.214. The molecule has 1 heterocycles. The molecule has 0 saturated carbocycles. The molecule has 0 unspecified atom stereocenters. The number of nitrogens with two attached hydrogens (primary N) is 1. The molecule has 1 aromatic heterocycles. The van der Waals surface area contributed by atoms with E-state index in [0.717, 1.165) is 0 Å². The fourth-order valence-corrected chi connectivity index (χ4v) is 2.35. The minimum Gasteiger partial charge on any atom is -0.375 e. The summed E-state index contributed by atoms with van der Waals surface area (Å²) >= 11 is 1.29. The van der Waals surface area contributed by atoms with Gasteiger partial charge in [-0.1, -0.05) is 12.1 Å². The minimum atomic E-state index is -0.237. The van der Waals surface area contributed by atoms with Gasteiger partial charge in [0.25, 0.3) is 5.91 Å². The Bertz CT molecular complexity index is 666. The Hall–Kier alpha value is -2.41. The lowest BCUT2D eigenvalue weighted by Crippen LogP contribution is -2.24. The van der Waals surface area contributed by atoms with Gasteiger partial charge in [0.15, 0.2) is 5.13 Å². The molecule has 0 radical (unpaired) electrons. The van der Waals surface area contributed by atoms with Crippen molar-refractivity contribution in [1.29, 1.82) is 0 Å². The highest BCUT2D eigenvalue weighted by Gasteiger charge is 2.15. The van der Waals surface area contributed by atoms with Gasteiger partial charge < -0.3 is 16.0 Å². The number of rotatable bonds is 4. The van der Waals surface area contributed by atoms with Crippen LogP contribution in [0.1, 0.15) is 16.1 Å². The molecule has 3 N–H and O–H groups in total. The lowest BCUT2D eigenvalue weighted by atomic mass is 10.1. The van der Waals surface area contributed by atoms with Crippen LogP contribution in [0.15, 0.2) is 29.6 Å². The summed E-state index contributed by atoms with van der Waals surface area (Å²) in [4.78, 5) is 29.6. The third-order valence-corrected chi connectivity index (χ3v) is 3.47. The summed E-state index contributed by atoms with van der Waals surface area (Å²) in [6.45, 7) is 0. The summed E-state index contributed by atoms with van der Waals surface area (Å²) < 4.78 is 0. The molecule has 21 heavy (non-hydrogen) atoms. The Balaban J connectivity index is 2.12. The normalized spacial score (nSPS) is 10.2. The minimum absolute atomic E-state index is 0.123. The van der Waals surface area contributed by atoms with Crippen molar-refractivity contribution in [2.45, 2.75) is 6.42 Å². The highest BCUT2D eigenvalue weighted by molar-refractivity contribution is 7.13. The van der Waals surface area contributed by atoms with Crippen molar-refractivity contribution in [3.63, 3.8) is 0 Å². The van der Waals surface area contributed by atoms with Crippen LogP contribution in [0.4, 0.5) is 10.8 Å². The van der Waals surface area contributed by atoms with Gasteiger partial charge in [0.2, 0.25) is 5.91 Å². The third-order valence-electron chi connectivity index (χ3n) is 2.75. The number of anilines is 2. The predicted molar refractivity (Wildman–Crippen MR) is 83.3 cm³/mol. The molecular formula is C14H16N4O2S. The van der Waals surface area contributed by atoms with Gasteiger partial charge in [0.1, 0.15) is 0 Å². The molecule has 2 rings (SSSR count). The topological polar surface area (TPSA) is 88.3 Å². The Morgan fingerprint density at radius 2 is 2.05 bits per heavy atom. The van der Waals surface area contributed by atoms with Gasteiger partial charge in [0.05, 0.1) is 23.4 Å². The number of hydrogen-bond acceptors (Lipinski definition) is 5. The Morgan fingerprint density at radius 1 is 1.33 bits per heavy atom. The highest BCUT2D eigenvalue weighted by atomic mass is 32.1. The van der Waals surface area contributed by atoms with E-state index < -0.39 is 0 Å². The van der Waals surface area contributed by atoms with E-state index in [9.17, 15) is 9.59 Å². The lowest BCUT2D eigenvalue weighted by Gasteiger charge is -2.14. The van der Waals surface area contributed by atoms with E-state index in [1.54, 1.807) is 43.7 Å². The number of carbonyl (C=O) groups excluding carboxylic acids is 2. The molecule has 2 amide bonds. The molecule has 2 aromatic rings. The number of nitrogens with one attached hydrogen (secondary N) is 1. The van der Waals surface area contributed by atoms with E-state index in [4.69, 9.17) is 5.73 Å². The van der Waals surface area contributed by atoms with Crippen LogP contribution in [0.3, 0.4) is 0 Å². The van der Waals surface area contributed by atoms with E-state index in [1.165, 1.54) is 16.2 Å². The second kappa shape index (κ2) is 6.36. The van der Waals surface area contributed by atoms with Crippen molar-refractivity contribution in [2.24, 2.45) is 0 Å². The van der Waals surface area contributed by atoms with Crippen LogP contribution in [0.2, 0.25) is 0 Å². The molecule has 0 fully saturated rings.